The van der Waals surface area contributed by atoms with Crippen LogP contribution in [0.2, 0.25) is 5.02 Å². The van der Waals surface area contributed by atoms with Crippen LogP contribution in [0.4, 0.5) is 23.7 Å². The van der Waals surface area contributed by atoms with Gasteiger partial charge in [0.05, 0.1) is 21.2 Å². The van der Waals surface area contributed by atoms with Gasteiger partial charge in [-0.1, -0.05) is 23.7 Å². The fourth-order valence-electron chi connectivity index (χ4n) is 3.05. The topological polar surface area (TPSA) is 50.5 Å². The van der Waals surface area contributed by atoms with Gasteiger partial charge in [0.2, 0.25) is 0 Å². The van der Waals surface area contributed by atoms with Crippen molar-refractivity contribution in [1.82, 2.24) is 0 Å². The molecule has 0 unspecified atom stereocenters. The van der Waals surface area contributed by atoms with Crippen molar-refractivity contribution < 1.29 is 27.2 Å². The van der Waals surface area contributed by atoms with E-state index in [1.165, 1.54) is 18.2 Å². The summed E-state index contributed by atoms with van der Waals surface area (Å²) >= 11 is 6.81. The lowest BCUT2D eigenvalue weighted by Crippen LogP contribution is -2.27. The van der Waals surface area contributed by atoms with E-state index in [-0.39, 0.29) is 27.0 Å². The summed E-state index contributed by atoms with van der Waals surface area (Å²) in [4.78, 5) is 26.3. The smallest absolute Gasteiger partial charge is 0.416 e. The lowest BCUT2D eigenvalue weighted by Gasteiger charge is -2.12. The summed E-state index contributed by atoms with van der Waals surface area (Å²) in [6, 6.07) is 12.9. The molecule has 0 spiro atoms. The standard InChI is InChI=1S/C22H13ClF3NO3S/c1-12-3-2-4-14(9-12)27-20(28)19(31-21(27)29)11-15-6-8-18(30-15)16-10-13(22(24,25)26)5-7-17(16)23/h2-11H,1H3/b19-11-. The van der Waals surface area contributed by atoms with Crippen LogP contribution >= 0.6 is 23.4 Å². The molecule has 158 valence electrons. The molecule has 3 aromatic rings. The maximum atomic E-state index is 13.0. The first-order valence-electron chi connectivity index (χ1n) is 8.95. The third kappa shape index (κ3) is 4.26. The van der Waals surface area contributed by atoms with E-state index in [4.69, 9.17) is 16.0 Å². The molecular weight excluding hydrogens is 451 g/mol. The van der Waals surface area contributed by atoms with Crippen LogP contribution in [0, 0.1) is 6.92 Å². The number of imide groups is 1. The average Bonchev–Trinajstić information content (AvgIpc) is 3.26. The van der Waals surface area contributed by atoms with E-state index in [9.17, 15) is 22.8 Å². The van der Waals surface area contributed by atoms with Gasteiger partial charge in [-0.2, -0.15) is 13.2 Å². The predicted octanol–water partition coefficient (Wildman–Crippen LogP) is 7.17. The Morgan fingerprint density at radius 1 is 1.06 bits per heavy atom. The van der Waals surface area contributed by atoms with Crippen LogP contribution in [0.3, 0.4) is 0 Å². The highest BCUT2D eigenvalue weighted by Gasteiger charge is 2.36. The summed E-state index contributed by atoms with van der Waals surface area (Å²) in [5, 5.41) is -0.358. The second kappa shape index (κ2) is 7.94. The Morgan fingerprint density at radius 3 is 2.55 bits per heavy atom. The van der Waals surface area contributed by atoms with Gasteiger partial charge in [0.1, 0.15) is 11.5 Å². The molecule has 1 fully saturated rings. The van der Waals surface area contributed by atoms with Gasteiger partial charge >= 0.3 is 6.18 Å². The molecule has 4 rings (SSSR count). The van der Waals surface area contributed by atoms with E-state index in [1.807, 2.05) is 13.0 Å². The van der Waals surface area contributed by atoms with Crippen LogP contribution in [0.15, 0.2) is 63.9 Å². The Bertz CT molecular complexity index is 1230. The van der Waals surface area contributed by atoms with Gasteiger partial charge in [0.25, 0.3) is 11.1 Å². The minimum absolute atomic E-state index is 0.0732. The summed E-state index contributed by atoms with van der Waals surface area (Å²) in [5.74, 6) is -0.186. The maximum absolute atomic E-state index is 13.0. The van der Waals surface area contributed by atoms with E-state index >= 15 is 0 Å². The second-order valence-corrected chi connectivity index (χ2v) is 8.15. The van der Waals surface area contributed by atoms with Gasteiger partial charge in [-0.3, -0.25) is 9.59 Å². The number of carbonyl (C=O) groups is 2. The lowest BCUT2D eigenvalue weighted by atomic mass is 10.1. The maximum Gasteiger partial charge on any atom is 0.416 e. The Labute approximate surface area is 184 Å². The molecule has 1 saturated heterocycles. The summed E-state index contributed by atoms with van der Waals surface area (Å²) in [5.41, 5.74) is 0.573. The van der Waals surface area contributed by atoms with Gasteiger partial charge in [0, 0.05) is 11.6 Å². The molecule has 2 amide bonds. The van der Waals surface area contributed by atoms with Crippen molar-refractivity contribution in [2.24, 2.45) is 0 Å². The second-order valence-electron chi connectivity index (χ2n) is 6.75. The van der Waals surface area contributed by atoms with E-state index in [0.29, 0.717) is 5.69 Å². The van der Waals surface area contributed by atoms with Crippen LogP contribution in [0.5, 0.6) is 0 Å². The first-order valence-corrected chi connectivity index (χ1v) is 10.1. The Hall–Kier alpha value is -2.97. The van der Waals surface area contributed by atoms with Crippen molar-refractivity contribution in [2.75, 3.05) is 4.90 Å². The van der Waals surface area contributed by atoms with Crippen molar-refractivity contribution in [2.45, 2.75) is 13.1 Å². The highest BCUT2D eigenvalue weighted by molar-refractivity contribution is 8.19. The molecule has 1 aromatic heterocycles. The summed E-state index contributed by atoms with van der Waals surface area (Å²) in [6.07, 6.45) is -3.14. The predicted molar refractivity (Wildman–Crippen MR) is 114 cm³/mol. The van der Waals surface area contributed by atoms with Crippen LogP contribution in [-0.2, 0) is 11.0 Å². The zero-order valence-corrected chi connectivity index (χ0v) is 17.4. The molecule has 4 nitrogen and oxygen atoms in total. The molecule has 1 aliphatic rings. The number of halogens is 4. The molecule has 0 N–H and O–H groups in total. The normalized spacial score (nSPS) is 15.9. The first-order chi connectivity index (χ1) is 14.6. The number of aryl methyl sites for hydroxylation is 1. The number of furan rings is 1. The van der Waals surface area contributed by atoms with E-state index in [1.54, 1.807) is 18.2 Å². The molecule has 0 radical (unpaired) electrons. The molecule has 9 heteroatoms. The monoisotopic (exact) mass is 463 g/mol. The lowest BCUT2D eigenvalue weighted by molar-refractivity contribution is -0.137. The Morgan fingerprint density at radius 2 is 1.84 bits per heavy atom. The van der Waals surface area contributed by atoms with E-state index in [2.05, 4.69) is 0 Å². The highest BCUT2D eigenvalue weighted by atomic mass is 35.5. The molecule has 1 aliphatic heterocycles. The number of rotatable bonds is 3. The number of amides is 2. The van der Waals surface area contributed by atoms with Gasteiger partial charge in [-0.05, 0) is 66.7 Å². The SMILES string of the molecule is Cc1cccc(N2C(=O)S/C(=C\c3ccc(-c4cc(C(F)(F)F)ccc4Cl)o3)C2=O)c1. The van der Waals surface area contributed by atoms with Crippen molar-refractivity contribution >= 4 is 46.3 Å². The summed E-state index contributed by atoms with van der Waals surface area (Å²) in [6.45, 7) is 1.85. The number of carbonyl (C=O) groups excluding carboxylic acids is 2. The summed E-state index contributed by atoms with van der Waals surface area (Å²) < 4.78 is 44.6. The van der Waals surface area contributed by atoms with Crippen molar-refractivity contribution in [3.63, 3.8) is 0 Å². The van der Waals surface area contributed by atoms with Crippen molar-refractivity contribution in [3.05, 3.63) is 81.4 Å². The van der Waals surface area contributed by atoms with Gasteiger partial charge in [0.15, 0.2) is 0 Å². The summed E-state index contributed by atoms with van der Waals surface area (Å²) in [7, 11) is 0. The third-order valence-electron chi connectivity index (χ3n) is 4.51. The van der Waals surface area contributed by atoms with Crippen LogP contribution < -0.4 is 4.90 Å². The number of thioether (sulfide) groups is 1. The largest absolute Gasteiger partial charge is 0.457 e. The van der Waals surface area contributed by atoms with E-state index in [0.717, 1.165) is 40.4 Å². The quantitative estimate of drug-likeness (QED) is 0.386. The molecule has 2 heterocycles. The number of benzene rings is 2. The highest BCUT2D eigenvalue weighted by Crippen LogP contribution is 2.39. The number of hydrogen-bond acceptors (Lipinski definition) is 4. The number of anilines is 1. The molecule has 31 heavy (non-hydrogen) atoms. The van der Waals surface area contributed by atoms with Crippen molar-refractivity contribution in [1.29, 1.82) is 0 Å². The number of nitrogens with zero attached hydrogens (tertiary/aromatic N) is 1. The first kappa shape index (κ1) is 21.3. The van der Waals surface area contributed by atoms with Crippen LogP contribution in [0.25, 0.3) is 17.4 Å². The Balaban J connectivity index is 1.64. The Kier molecular flexibility index (Phi) is 5.45. The van der Waals surface area contributed by atoms with E-state index < -0.39 is 22.9 Å². The minimum atomic E-state index is -4.52. The number of alkyl halides is 3. The molecule has 0 bridgehead atoms. The average molecular weight is 464 g/mol. The molecule has 0 aliphatic carbocycles. The minimum Gasteiger partial charge on any atom is -0.457 e. The number of hydrogen-bond donors (Lipinski definition) is 0. The van der Waals surface area contributed by atoms with Crippen LogP contribution in [-0.4, -0.2) is 11.1 Å². The molecule has 2 aromatic carbocycles. The molecule has 0 saturated carbocycles. The van der Waals surface area contributed by atoms with Crippen LogP contribution in [0.1, 0.15) is 16.9 Å². The zero-order valence-electron chi connectivity index (χ0n) is 15.9. The van der Waals surface area contributed by atoms with Gasteiger partial charge < -0.3 is 4.42 Å². The zero-order chi connectivity index (χ0) is 22.3. The van der Waals surface area contributed by atoms with Gasteiger partial charge in [-0.15, -0.1) is 0 Å². The third-order valence-corrected chi connectivity index (χ3v) is 5.71. The molecule has 0 atom stereocenters. The fraction of sp³-hybridized carbons (Fsp3) is 0.0909. The molecular formula is C22H13ClF3NO3S. The van der Waals surface area contributed by atoms with Crippen molar-refractivity contribution in [3.8, 4) is 11.3 Å². The van der Waals surface area contributed by atoms with Gasteiger partial charge in [-0.25, -0.2) is 4.90 Å². The fourth-order valence-corrected chi connectivity index (χ4v) is 4.08.